The average molecular weight is 298 g/mol. The van der Waals surface area contributed by atoms with E-state index in [0.717, 1.165) is 11.3 Å². The molecule has 1 atom stereocenters. The van der Waals surface area contributed by atoms with Crippen LogP contribution in [-0.2, 0) is 9.53 Å². The second kappa shape index (κ2) is 6.32. The van der Waals surface area contributed by atoms with Gasteiger partial charge in [0.2, 0.25) is 5.91 Å². The highest BCUT2D eigenvalue weighted by Gasteiger charge is 2.22. The Morgan fingerprint density at radius 1 is 1.55 bits per heavy atom. The first-order valence-electron chi connectivity index (χ1n) is 6.55. The van der Waals surface area contributed by atoms with E-state index in [1.807, 2.05) is 0 Å². The topological polar surface area (TPSA) is 88.5 Å². The van der Waals surface area contributed by atoms with Gasteiger partial charge < -0.3 is 15.2 Å². The molecule has 2 N–H and O–H groups in total. The van der Waals surface area contributed by atoms with Crippen LogP contribution in [0, 0.1) is 12.8 Å². The van der Waals surface area contributed by atoms with Gasteiger partial charge >= 0.3 is 5.97 Å². The fourth-order valence-corrected chi connectivity index (χ4v) is 2.66. The fourth-order valence-electron chi connectivity index (χ4n) is 1.75. The number of carboxylic acids is 1. The number of carbonyl (C=O) groups is 2. The van der Waals surface area contributed by atoms with Crippen LogP contribution in [0.3, 0.4) is 0 Å². The Balaban J connectivity index is 1.83. The van der Waals surface area contributed by atoms with Crippen molar-refractivity contribution in [3.05, 3.63) is 15.6 Å². The first-order chi connectivity index (χ1) is 9.47. The van der Waals surface area contributed by atoms with Crippen molar-refractivity contribution in [2.45, 2.75) is 32.7 Å². The lowest BCUT2D eigenvalue weighted by Gasteiger charge is -2.11. The quantitative estimate of drug-likeness (QED) is 0.800. The highest BCUT2D eigenvalue weighted by Crippen LogP contribution is 2.28. The SMILES string of the molecule is Cc1nc(C(C)NC(=O)COCC2CC2)sc1C(=O)O. The predicted molar refractivity (Wildman–Crippen MR) is 73.9 cm³/mol. The molecule has 1 fully saturated rings. The lowest BCUT2D eigenvalue weighted by Crippen LogP contribution is -2.30. The summed E-state index contributed by atoms with van der Waals surface area (Å²) in [6.45, 7) is 4.11. The number of hydrogen-bond donors (Lipinski definition) is 2. The standard InChI is InChI=1S/C13H18N2O4S/c1-7-11(13(17)18)20-12(15-7)8(2)14-10(16)6-19-5-9-3-4-9/h8-9H,3-6H2,1-2H3,(H,14,16)(H,17,18). The van der Waals surface area contributed by atoms with Gasteiger partial charge in [0.15, 0.2) is 0 Å². The minimum absolute atomic E-state index is 0.0387. The molecule has 0 spiro atoms. The van der Waals surface area contributed by atoms with E-state index in [2.05, 4.69) is 10.3 Å². The van der Waals surface area contributed by atoms with Crippen molar-refractivity contribution in [2.75, 3.05) is 13.2 Å². The summed E-state index contributed by atoms with van der Waals surface area (Å²) < 4.78 is 5.30. The first kappa shape index (κ1) is 14.9. The summed E-state index contributed by atoms with van der Waals surface area (Å²) in [5.41, 5.74) is 0.476. The summed E-state index contributed by atoms with van der Waals surface area (Å²) in [7, 11) is 0. The zero-order valence-corrected chi connectivity index (χ0v) is 12.3. The van der Waals surface area contributed by atoms with Gasteiger partial charge in [-0.2, -0.15) is 0 Å². The zero-order valence-electron chi connectivity index (χ0n) is 11.5. The molecule has 1 heterocycles. The van der Waals surface area contributed by atoms with Crippen molar-refractivity contribution in [3.8, 4) is 0 Å². The van der Waals surface area contributed by atoms with E-state index >= 15 is 0 Å². The maximum atomic E-state index is 11.7. The average Bonchev–Trinajstić information content (AvgIpc) is 3.09. The summed E-state index contributed by atoms with van der Waals surface area (Å²) in [5.74, 6) is -0.569. The van der Waals surface area contributed by atoms with Crippen LogP contribution in [0.4, 0.5) is 0 Å². The maximum absolute atomic E-state index is 11.7. The van der Waals surface area contributed by atoms with Crippen molar-refractivity contribution in [1.29, 1.82) is 0 Å². The third kappa shape index (κ3) is 4.01. The summed E-state index contributed by atoms with van der Waals surface area (Å²) in [6.07, 6.45) is 2.38. The second-order valence-electron chi connectivity index (χ2n) is 5.02. The molecule has 20 heavy (non-hydrogen) atoms. The number of nitrogens with zero attached hydrogens (tertiary/aromatic N) is 1. The normalized spacial score (nSPS) is 15.9. The lowest BCUT2D eigenvalue weighted by molar-refractivity contribution is -0.126. The van der Waals surface area contributed by atoms with Gasteiger partial charge in [-0.3, -0.25) is 4.79 Å². The Kier molecular flexibility index (Phi) is 4.72. The molecule has 1 unspecified atom stereocenters. The number of carboxylic acid groups (broad SMARTS) is 1. The molecule has 1 aliphatic rings. The van der Waals surface area contributed by atoms with Crippen molar-refractivity contribution >= 4 is 23.2 Å². The monoisotopic (exact) mass is 298 g/mol. The molecule has 1 aromatic rings. The van der Waals surface area contributed by atoms with Crippen LogP contribution in [-0.4, -0.2) is 35.2 Å². The van der Waals surface area contributed by atoms with Crippen LogP contribution in [0.2, 0.25) is 0 Å². The smallest absolute Gasteiger partial charge is 0.347 e. The number of thiazole rings is 1. The Hall–Kier alpha value is -1.47. The van der Waals surface area contributed by atoms with Crippen LogP contribution in [0.25, 0.3) is 0 Å². The van der Waals surface area contributed by atoms with E-state index in [9.17, 15) is 9.59 Å². The van der Waals surface area contributed by atoms with Gasteiger partial charge in [0, 0.05) is 0 Å². The van der Waals surface area contributed by atoms with Crippen LogP contribution in [0.5, 0.6) is 0 Å². The van der Waals surface area contributed by atoms with Gasteiger partial charge in [0.25, 0.3) is 0 Å². The molecule has 1 saturated carbocycles. The van der Waals surface area contributed by atoms with E-state index in [-0.39, 0.29) is 23.4 Å². The molecule has 110 valence electrons. The number of ether oxygens (including phenoxy) is 1. The number of nitrogens with one attached hydrogen (secondary N) is 1. The predicted octanol–water partition coefficient (Wildman–Crippen LogP) is 1.75. The van der Waals surface area contributed by atoms with E-state index in [1.165, 1.54) is 12.8 Å². The number of aryl methyl sites for hydroxylation is 1. The van der Waals surface area contributed by atoms with E-state index < -0.39 is 5.97 Å². The molecular weight excluding hydrogens is 280 g/mol. The molecule has 0 aliphatic heterocycles. The summed E-state index contributed by atoms with van der Waals surface area (Å²) in [6, 6.07) is -0.316. The first-order valence-corrected chi connectivity index (χ1v) is 7.36. The molecule has 1 aromatic heterocycles. The van der Waals surface area contributed by atoms with E-state index in [4.69, 9.17) is 9.84 Å². The third-order valence-corrected chi connectivity index (χ3v) is 4.37. The molecule has 0 bridgehead atoms. The van der Waals surface area contributed by atoms with Gasteiger partial charge in [0.1, 0.15) is 16.5 Å². The summed E-state index contributed by atoms with van der Waals surface area (Å²) in [4.78, 5) is 27.0. The fraction of sp³-hybridized carbons (Fsp3) is 0.615. The van der Waals surface area contributed by atoms with Crippen LogP contribution < -0.4 is 5.32 Å². The van der Waals surface area contributed by atoms with Crippen molar-refractivity contribution in [1.82, 2.24) is 10.3 Å². The van der Waals surface area contributed by atoms with Crippen LogP contribution in [0.15, 0.2) is 0 Å². The van der Waals surface area contributed by atoms with Crippen LogP contribution in [0.1, 0.15) is 46.2 Å². The molecule has 0 saturated heterocycles. The van der Waals surface area contributed by atoms with Gasteiger partial charge in [-0.15, -0.1) is 11.3 Å². The molecule has 0 radical (unpaired) electrons. The zero-order chi connectivity index (χ0) is 14.7. The van der Waals surface area contributed by atoms with E-state index in [0.29, 0.717) is 23.2 Å². The number of amides is 1. The number of aromatic nitrogens is 1. The maximum Gasteiger partial charge on any atom is 0.347 e. The number of carbonyl (C=O) groups excluding carboxylic acids is 1. The van der Waals surface area contributed by atoms with Crippen molar-refractivity contribution in [3.63, 3.8) is 0 Å². The molecule has 2 rings (SSSR count). The molecule has 1 aliphatic carbocycles. The molecule has 7 heteroatoms. The molecule has 0 aromatic carbocycles. The van der Waals surface area contributed by atoms with Gasteiger partial charge in [-0.25, -0.2) is 9.78 Å². The minimum Gasteiger partial charge on any atom is -0.477 e. The van der Waals surface area contributed by atoms with Gasteiger partial charge in [0.05, 0.1) is 18.3 Å². The Morgan fingerprint density at radius 3 is 2.80 bits per heavy atom. The van der Waals surface area contributed by atoms with Gasteiger partial charge in [-0.1, -0.05) is 0 Å². The molecule has 1 amide bonds. The number of rotatable bonds is 7. The Bertz CT molecular complexity index is 510. The van der Waals surface area contributed by atoms with E-state index in [1.54, 1.807) is 13.8 Å². The van der Waals surface area contributed by atoms with Crippen molar-refractivity contribution < 1.29 is 19.4 Å². The largest absolute Gasteiger partial charge is 0.477 e. The highest BCUT2D eigenvalue weighted by molar-refractivity contribution is 7.13. The summed E-state index contributed by atoms with van der Waals surface area (Å²) in [5, 5.41) is 12.3. The third-order valence-electron chi connectivity index (χ3n) is 3.04. The number of hydrogen-bond acceptors (Lipinski definition) is 5. The minimum atomic E-state index is -0.988. The Labute approximate surface area is 121 Å². The lowest BCUT2D eigenvalue weighted by atomic mass is 10.3. The molecular formula is C13H18N2O4S. The van der Waals surface area contributed by atoms with Gasteiger partial charge in [-0.05, 0) is 32.6 Å². The van der Waals surface area contributed by atoms with Crippen molar-refractivity contribution in [2.24, 2.45) is 5.92 Å². The van der Waals surface area contributed by atoms with Crippen LogP contribution >= 0.6 is 11.3 Å². The molecule has 6 nitrogen and oxygen atoms in total. The highest BCUT2D eigenvalue weighted by atomic mass is 32.1. The summed E-state index contributed by atoms with van der Waals surface area (Å²) >= 11 is 1.09. The Morgan fingerprint density at radius 2 is 2.25 bits per heavy atom. The number of aromatic carboxylic acids is 1. The second-order valence-corrected chi connectivity index (χ2v) is 6.05.